The Balaban J connectivity index is 4.37. The summed E-state index contributed by atoms with van der Waals surface area (Å²) in [6.45, 7) is 2.73. The second-order valence-electron chi connectivity index (χ2n) is 14.1. The third kappa shape index (κ3) is 36.7. The van der Waals surface area contributed by atoms with Crippen molar-refractivity contribution < 1.29 is 47.5 Å². The van der Waals surface area contributed by atoms with Crippen molar-refractivity contribution in [3.63, 3.8) is 0 Å². The maximum atomic E-state index is 12.6. The van der Waals surface area contributed by atoms with Crippen molar-refractivity contribution in [1.29, 1.82) is 0 Å². The van der Waals surface area contributed by atoms with Crippen LogP contribution in [0.5, 0.6) is 0 Å². The van der Waals surface area contributed by atoms with Crippen LogP contribution in [0, 0.1) is 0 Å². The van der Waals surface area contributed by atoms with Gasteiger partial charge >= 0.3 is 25.7 Å². The molecular formula is C41H76NO10P. The summed E-state index contributed by atoms with van der Waals surface area (Å²) in [6, 6.07) is -1.52. The Morgan fingerprint density at radius 2 is 1.04 bits per heavy atom. The van der Waals surface area contributed by atoms with Gasteiger partial charge in [0, 0.05) is 12.8 Å². The smallest absolute Gasteiger partial charge is 0.472 e. The molecule has 11 nitrogen and oxygen atoms in total. The first kappa shape index (κ1) is 51.0. The van der Waals surface area contributed by atoms with Gasteiger partial charge in [-0.3, -0.25) is 23.4 Å². The Labute approximate surface area is 321 Å². The lowest BCUT2D eigenvalue weighted by Crippen LogP contribution is -2.34. The summed E-state index contributed by atoms with van der Waals surface area (Å²) in [4.78, 5) is 45.8. The van der Waals surface area contributed by atoms with E-state index >= 15 is 0 Å². The molecule has 0 aromatic carbocycles. The topological polar surface area (TPSA) is 172 Å². The summed E-state index contributed by atoms with van der Waals surface area (Å²) in [6.07, 6.45) is 36.7. The Kier molecular flexibility index (Phi) is 35.5. The molecule has 53 heavy (non-hydrogen) atoms. The summed E-state index contributed by atoms with van der Waals surface area (Å²) in [5, 5.41) is 8.87. The van der Waals surface area contributed by atoms with Crippen LogP contribution in [-0.2, 0) is 37.5 Å². The third-order valence-corrected chi connectivity index (χ3v) is 9.88. The molecule has 0 fully saturated rings. The number of carboxylic acid groups (broad SMARTS) is 1. The Morgan fingerprint density at radius 1 is 0.585 bits per heavy atom. The molecule has 12 heteroatoms. The van der Waals surface area contributed by atoms with E-state index < -0.39 is 51.1 Å². The van der Waals surface area contributed by atoms with Crippen LogP contribution in [0.2, 0.25) is 0 Å². The van der Waals surface area contributed by atoms with E-state index in [0.29, 0.717) is 12.8 Å². The Bertz CT molecular complexity index is 1010. The van der Waals surface area contributed by atoms with Gasteiger partial charge in [0.2, 0.25) is 0 Å². The number of nitrogens with two attached hydrogens (primary N) is 1. The van der Waals surface area contributed by atoms with Gasteiger partial charge in [-0.05, 0) is 38.5 Å². The van der Waals surface area contributed by atoms with Crippen LogP contribution in [0.1, 0.15) is 187 Å². The molecule has 0 radical (unpaired) electrons. The van der Waals surface area contributed by atoms with Crippen LogP contribution in [0.3, 0.4) is 0 Å². The molecule has 3 unspecified atom stereocenters. The molecule has 0 heterocycles. The second-order valence-corrected chi connectivity index (χ2v) is 15.6. The Morgan fingerprint density at radius 3 is 1.55 bits per heavy atom. The molecule has 4 N–H and O–H groups in total. The fourth-order valence-electron chi connectivity index (χ4n) is 5.63. The van der Waals surface area contributed by atoms with Gasteiger partial charge in [0.15, 0.2) is 6.10 Å². The molecule has 0 aromatic heterocycles. The lowest BCUT2D eigenvalue weighted by atomic mass is 10.0. The first-order valence-electron chi connectivity index (χ1n) is 20.9. The molecule has 0 amide bonds. The number of phosphoric acid groups is 1. The first-order chi connectivity index (χ1) is 25.6. The molecule has 0 saturated carbocycles. The summed E-state index contributed by atoms with van der Waals surface area (Å²) in [5.74, 6) is -2.39. The number of carbonyl (C=O) groups is 3. The van der Waals surface area contributed by atoms with Crippen molar-refractivity contribution in [2.75, 3.05) is 19.8 Å². The highest BCUT2D eigenvalue weighted by atomic mass is 31.2. The second kappa shape index (κ2) is 36.9. The van der Waals surface area contributed by atoms with Crippen LogP contribution in [-0.4, -0.2) is 59.9 Å². The average molecular weight is 774 g/mol. The summed E-state index contributed by atoms with van der Waals surface area (Å²) < 4.78 is 32.6. The quantitative estimate of drug-likeness (QED) is 0.0235. The molecule has 0 aliphatic carbocycles. The highest BCUT2D eigenvalue weighted by Gasteiger charge is 2.28. The highest BCUT2D eigenvalue weighted by molar-refractivity contribution is 7.47. The number of allylic oxidation sites excluding steroid dienone is 4. The summed E-state index contributed by atoms with van der Waals surface area (Å²) >= 11 is 0. The largest absolute Gasteiger partial charge is 0.480 e. The highest BCUT2D eigenvalue weighted by Crippen LogP contribution is 2.43. The van der Waals surface area contributed by atoms with Crippen molar-refractivity contribution in [1.82, 2.24) is 0 Å². The summed E-state index contributed by atoms with van der Waals surface area (Å²) in [7, 11) is -4.71. The summed E-state index contributed by atoms with van der Waals surface area (Å²) in [5.41, 5.74) is 5.32. The average Bonchev–Trinajstić information content (AvgIpc) is 3.13. The molecule has 0 rings (SSSR count). The maximum absolute atomic E-state index is 12.6. The number of esters is 2. The third-order valence-electron chi connectivity index (χ3n) is 8.93. The van der Waals surface area contributed by atoms with E-state index in [1.54, 1.807) is 0 Å². The number of unbranched alkanes of at least 4 members (excludes halogenated alkanes) is 21. The zero-order valence-electron chi connectivity index (χ0n) is 33.4. The van der Waals surface area contributed by atoms with Gasteiger partial charge < -0.3 is 25.2 Å². The number of aliphatic carboxylic acids is 1. The van der Waals surface area contributed by atoms with Crippen LogP contribution >= 0.6 is 7.82 Å². The minimum absolute atomic E-state index is 0.147. The van der Waals surface area contributed by atoms with Gasteiger partial charge in [-0.1, -0.05) is 160 Å². The van der Waals surface area contributed by atoms with Crippen LogP contribution in [0.15, 0.2) is 24.3 Å². The van der Waals surface area contributed by atoms with Gasteiger partial charge in [0.05, 0.1) is 13.2 Å². The van der Waals surface area contributed by atoms with E-state index in [-0.39, 0.29) is 19.4 Å². The van der Waals surface area contributed by atoms with E-state index in [1.165, 1.54) is 77.0 Å². The number of carboxylic acids is 1. The molecule has 0 aliphatic heterocycles. The van der Waals surface area contributed by atoms with Crippen LogP contribution < -0.4 is 5.73 Å². The van der Waals surface area contributed by atoms with E-state index in [4.69, 9.17) is 24.8 Å². The van der Waals surface area contributed by atoms with E-state index in [1.807, 2.05) is 0 Å². The fourth-order valence-corrected chi connectivity index (χ4v) is 6.41. The number of phosphoric ester groups is 1. The molecule has 310 valence electrons. The zero-order chi connectivity index (χ0) is 39.3. The first-order valence-corrected chi connectivity index (χ1v) is 22.4. The lowest BCUT2D eigenvalue weighted by Gasteiger charge is -2.20. The fraction of sp³-hybridized carbons (Fsp3) is 0.829. The molecule has 0 spiro atoms. The van der Waals surface area contributed by atoms with Crippen molar-refractivity contribution in [3.8, 4) is 0 Å². The SMILES string of the molecule is CCC/C=C\C/C=C\CCCCCCCC(=O)OC(COC(=O)CCCCCCCCCCCCCCCCCC)COP(=O)(O)OCC(N)C(=O)O. The molecular weight excluding hydrogens is 697 g/mol. The van der Waals surface area contributed by atoms with Gasteiger partial charge in [-0.25, -0.2) is 4.57 Å². The molecule has 0 bridgehead atoms. The number of hydrogen-bond donors (Lipinski definition) is 3. The van der Waals surface area contributed by atoms with E-state index in [2.05, 4.69) is 42.7 Å². The monoisotopic (exact) mass is 774 g/mol. The van der Waals surface area contributed by atoms with Crippen molar-refractivity contribution in [2.24, 2.45) is 5.73 Å². The Hall–Kier alpha value is -2.04. The van der Waals surface area contributed by atoms with Gasteiger partial charge in [-0.15, -0.1) is 0 Å². The number of hydrogen-bond acceptors (Lipinski definition) is 9. The van der Waals surface area contributed by atoms with Gasteiger partial charge in [0.25, 0.3) is 0 Å². The number of rotatable bonds is 39. The molecule has 0 saturated heterocycles. The molecule has 0 aromatic rings. The maximum Gasteiger partial charge on any atom is 0.472 e. The minimum Gasteiger partial charge on any atom is -0.480 e. The lowest BCUT2D eigenvalue weighted by molar-refractivity contribution is -0.161. The van der Waals surface area contributed by atoms with Gasteiger partial charge in [-0.2, -0.15) is 0 Å². The van der Waals surface area contributed by atoms with Crippen molar-refractivity contribution >= 4 is 25.7 Å². The van der Waals surface area contributed by atoms with Crippen LogP contribution in [0.25, 0.3) is 0 Å². The number of ether oxygens (including phenoxy) is 2. The number of carbonyl (C=O) groups excluding carboxylic acids is 2. The predicted molar refractivity (Wildman–Crippen MR) is 212 cm³/mol. The van der Waals surface area contributed by atoms with Crippen LogP contribution in [0.4, 0.5) is 0 Å². The molecule has 0 aliphatic rings. The van der Waals surface area contributed by atoms with Gasteiger partial charge in [0.1, 0.15) is 12.6 Å². The predicted octanol–water partition coefficient (Wildman–Crippen LogP) is 10.7. The standard InChI is InChI=1S/C41H76NO10P/c1-3-5-7-9-11-13-15-17-18-19-21-22-24-26-28-30-32-39(43)49-34-37(35-50-53(47,48)51-36-38(42)41(45)46)52-40(44)33-31-29-27-25-23-20-16-14-12-10-8-6-4-2/h8,10,14,16,37-38H,3-7,9,11-13,15,17-36,42H2,1-2H3,(H,45,46)(H,47,48)/b10-8-,16-14-. The minimum atomic E-state index is -4.71. The van der Waals surface area contributed by atoms with E-state index in [9.17, 15) is 23.8 Å². The van der Waals surface area contributed by atoms with Crippen molar-refractivity contribution in [3.05, 3.63) is 24.3 Å². The normalized spacial score (nSPS) is 14.0. The zero-order valence-corrected chi connectivity index (χ0v) is 34.3. The van der Waals surface area contributed by atoms with Crippen molar-refractivity contribution in [2.45, 2.75) is 199 Å². The van der Waals surface area contributed by atoms with E-state index in [0.717, 1.165) is 70.6 Å². The molecule has 3 atom stereocenters.